The topological polar surface area (TPSA) is 98.8 Å². The minimum absolute atomic E-state index is 0.615. The average Bonchev–Trinajstić information content (AvgIpc) is 3.71. The Kier molecular flexibility index (Phi) is 23.5. The fourth-order valence-electron chi connectivity index (χ4n) is 6.87. The highest BCUT2D eigenvalue weighted by Crippen LogP contribution is 2.25. The number of anilines is 4. The Balaban J connectivity index is 1.90. The lowest BCUT2D eigenvalue weighted by atomic mass is 10.1. The number of H-pyrrole nitrogens is 1. The van der Waals surface area contributed by atoms with Crippen LogP contribution in [0.1, 0.15) is 182 Å². The van der Waals surface area contributed by atoms with Gasteiger partial charge in [0.05, 0.1) is 6.20 Å². The monoisotopic (exact) mass is 718 g/mol. The number of rotatable bonds is 33. The summed E-state index contributed by atoms with van der Waals surface area (Å²) in [6.45, 7) is 13.1. The third-order valence-corrected chi connectivity index (χ3v) is 10.1. The predicted octanol–water partition coefficient (Wildman–Crippen LogP) is 12.5. The number of unbranched alkanes of at least 4 members (excludes halogenated alkanes) is 20. The van der Waals surface area contributed by atoms with Crippen LogP contribution in [0.3, 0.4) is 0 Å². The fraction of sp³-hybridized carbons (Fsp3) is 0.744. The summed E-state index contributed by atoms with van der Waals surface area (Å²) in [4.78, 5) is 20.6. The summed E-state index contributed by atoms with van der Waals surface area (Å²) in [7, 11) is 0. The lowest BCUT2D eigenvalue weighted by molar-refractivity contribution is 0.564. The van der Waals surface area contributed by atoms with Crippen LogP contribution in [0, 0.1) is 0 Å². The smallest absolute Gasteiger partial charge is 0.233 e. The van der Waals surface area contributed by atoms with Gasteiger partial charge in [-0.15, -0.1) is 0 Å². The molecule has 0 amide bonds. The molecule has 0 saturated heterocycles. The van der Waals surface area contributed by atoms with E-state index in [1.165, 1.54) is 154 Å². The molecule has 2 N–H and O–H groups in total. The molecule has 0 unspecified atom stereocenters. The van der Waals surface area contributed by atoms with Crippen LogP contribution < -0.4 is 15.1 Å². The van der Waals surface area contributed by atoms with Crippen LogP contribution in [0.25, 0.3) is 11.3 Å². The molecule has 0 aliphatic heterocycles. The van der Waals surface area contributed by atoms with Crippen molar-refractivity contribution in [2.24, 2.45) is 0 Å². The minimum Gasteiger partial charge on any atom is -0.341 e. The van der Waals surface area contributed by atoms with Crippen LogP contribution in [0.15, 0.2) is 30.5 Å². The molecule has 0 bridgehead atoms. The molecule has 1 aromatic carbocycles. The van der Waals surface area contributed by atoms with E-state index < -0.39 is 0 Å². The third-order valence-electron chi connectivity index (χ3n) is 10.1. The Bertz CT molecular complexity index is 1180. The number of hydrogen-bond acceptors (Lipinski definition) is 8. The Morgan fingerprint density at radius 2 is 0.942 bits per heavy atom. The minimum atomic E-state index is 0.615. The van der Waals surface area contributed by atoms with Gasteiger partial charge < -0.3 is 15.1 Å². The van der Waals surface area contributed by atoms with Crippen molar-refractivity contribution in [2.45, 2.75) is 182 Å². The molecule has 0 aliphatic rings. The van der Waals surface area contributed by atoms with Gasteiger partial charge in [0.2, 0.25) is 17.8 Å². The quantitative estimate of drug-likeness (QED) is 0.0601. The van der Waals surface area contributed by atoms with Gasteiger partial charge in [-0.2, -0.15) is 30.4 Å². The average molecular weight is 718 g/mol. The largest absolute Gasteiger partial charge is 0.341 e. The molecular formula is C43H75N9. The van der Waals surface area contributed by atoms with Crippen molar-refractivity contribution < 1.29 is 0 Å². The van der Waals surface area contributed by atoms with Gasteiger partial charge in [0.25, 0.3) is 0 Å². The summed E-state index contributed by atoms with van der Waals surface area (Å²) in [6.07, 6.45) is 32.5. The predicted molar refractivity (Wildman–Crippen MR) is 223 cm³/mol. The van der Waals surface area contributed by atoms with E-state index in [4.69, 9.17) is 15.0 Å². The van der Waals surface area contributed by atoms with Crippen LogP contribution in [0.4, 0.5) is 23.5 Å². The van der Waals surface area contributed by atoms with E-state index in [9.17, 15) is 0 Å². The normalized spacial score (nSPS) is 11.3. The van der Waals surface area contributed by atoms with Crippen molar-refractivity contribution in [1.29, 1.82) is 0 Å². The van der Waals surface area contributed by atoms with Crippen LogP contribution >= 0.6 is 0 Å². The number of hydrogen-bond donors (Lipinski definition) is 2. The van der Waals surface area contributed by atoms with Crippen molar-refractivity contribution in [3.63, 3.8) is 0 Å². The zero-order valence-corrected chi connectivity index (χ0v) is 33.8. The molecule has 9 heteroatoms. The van der Waals surface area contributed by atoms with Crippen molar-refractivity contribution in [3.05, 3.63) is 30.5 Å². The first-order valence-electron chi connectivity index (χ1n) is 21.7. The van der Waals surface area contributed by atoms with E-state index in [1.54, 1.807) is 6.20 Å². The molecule has 0 saturated carbocycles. The van der Waals surface area contributed by atoms with Gasteiger partial charge in [-0.3, -0.25) is 0 Å². The zero-order valence-electron chi connectivity index (χ0n) is 33.8. The van der Waals surface area contributed by atoms with Crippen molar-refractivity contribution in [1.82, 2.24) is 30.4 Å². The molecule has 0 fully saturated rings. The van der Waals surface area contributed by atoms with E-state index >= 15 is 0 Å². The van der Waals surface area contributed by atoms with E-state index in [-0.39, 0.29) is 0 Å². The summed E-state index contributed by atoms with van der Waals surface area (Å²) in [5.41, 5.74) is 2.74. The maximum Gasteiger partial charge on any atom is 0.233 e. The van der Waals surface area contributed by atoms with Gasteiger partial charge in [-0.25, -0.2) is 0 Å². The second-order valence-electron chi connectivity index (χ2n) is 14.9. The fourth-order valence-corrected chi connectivity index (χ4v) is 6.87. The maximum absolute atomic E-state index is 5.31. The van der Waals surface area contributed by atoms with E-state index in [2.05, 4.69) is 76.4 Å². The molecule has 0 radical (unpaired) electrons. The summed E-state index contributed by atoms with van der Waals surface area (Å²) in [6, 6.07) is 8.26. The van der Waals surface area contributed by atoms with E-state index in [0.29, 0.717) is 5.95 Å². The molecule has 2 aromatic heterocycles. The van der Waals surface area contributed by atoms with Crippen LogP contribution in [0.5, 0.6) is 0 Å². The SMILES string of the molecule is CCCCCCCCN(CCCCCCCC)c1nc(Nc2cccc(-c3cn[nH]n3)c2)nc(N(CCCCCCCC)CCCCCCCC)n1. The molecular weight excluding hydrogens is 643 g/mol. The first-order chi connectivity index (χ1) is 25.7. The molecule has 0 atom stereocenters. The highest BCUT2D eigenvalue weighted by molar-refractivity contribution is 5.67. The van der Waals surface area contributed by atoms with E-state index in [0.717, 1.165) is 55.0 Å². The van der Waals surface area contributed by atoms with Crippen molar-refractivity contribution in [3.8, 4) is 11.3 Å². The number of nitrogens with one attached hydrogen (secondary N) is 2. The van der Waals surface area contributed by atoms with Crippen molar-refractivity contribution in [2.75, 3.05) is 41.3 Å². The van der Waals surface area contributed by atoms with Gasteiger partial charge in [0, 0.05) is 37.4 Å². The highest BCUT2D eigenvalue weighted by Gasteiger charge is 2.18. The Hall–Kier alpha value is -3.23. The Morgan fingerprint density at radius 1 is 0.519 bits per heavy atom. The van der Waals surface area contributed by atoms with Crippen molar-refractivity contribution >= 4 is 23.5 Å². The molecule has 0 aliphatic carbocycles. The van der Waals surface area contributed by atoms with Crippen LogP contribution in [0.2, 0.25) is 0 Å². The standard InChI is InChI=1S/C43H75N9/c1-5-9-13-17-21-25-32-51(33-26-22-18-14-10-6-2)42-46-41(45-39-31-29-30-38(36-39)40-37-44-50-49-40)47-43(48-42)52(34-27-23-19-15-11-7-3)35-28-24-20-16-12-8-4/h29-31,36-37H,5-28,32-35H2,1-4H3,(H,44,49,50)(H,45,46,47,48). The highest BCUT2D eigenvalue weighted by atomic mass is 15.4. The summed E-state index contributed by atoms with van der Waals surface area (Å²) in [5, 5.41) is 14.6. The van der Waals surface area contributed by atoms with E-state index in [1.807, 2.05) is 6.07 Å². The molecule has 292 valence electrons. The van der Waals surface area contributed by atoms with Gasteiger partial charge in [0.15, 0.2) is 0 Å². The Labute approximate surface area is 318 Å². The Morgan fingerprint density at radius 3 is 1.35 bits per heavy atom. The number of benzene rings is 1. The van der Waals surface area contributed by atoms with Gasteiger partial charge in [-0.05, 0) is 37.8 Å². The van der Waals surface area contributed by atoms with Gasteiger partial charge in [-0.1, -0.05) is 168 Å². The summed E-state index contributed by atoms with van der Waals surface area (Å²) in [5.74, 6) is 2.25. The first kappa shape index (κ1) is 43.2. The van der Waals surface area contributed by atoms with Crippen LogP contribution in [-0.4, -0.2) is 56.5 Å². The molecule has 3 aromatic rings. The second-order valence-corrected chi connectivity index (χ2v) is 14.9. The van der Waals surface area contributed by atoms with Crippen LogP contribution in [-0.2, 0) is 0 Å². The maximum atomic E-state index is 5.31. The van der Waals surface area contributed by atoms with Gasteiger partial charge >= 0.3 is 0 Å². The zero-order chi connectivity index (χ0) is 36.9. The molecule has 9 nitrogen and oxygen atoms in total. The first-order valence-corrected chi connectivity index (χ1v) is 21.7. The van der Waals surface area contributed by atoms with Gasteiger partial charge in [0.1, 0.15) is 5.69 Å². The number of nitrogens with zero attached hydrogens (tertiary/aromatic N) is 7. The molecule has 0 spiro atoms. The molecule has 3 rings (SSSR count). The summed E-state index contributed by atoms with van der Waals surface area (Å²) >= 11 is 0. The molecule has 2 heterocycles. The lowest BCUT2D eigenvalue weighted by Crippen LogP contribution is -2.32. The molecule has 52 heavy (non-hydrogen) atoms. The summed E-state index contributed by atoms with van der Waals surface area (Å²) < 4.78 is 0. The second kappa shape index (κ2) is 28.3. The lowest BCUT2D eigenvalue weighted by Gasteiger charge is -2.27. The third kappa shape index (κ3) is 18.0. The number of aromatic amines is 1. The number of aromatic nitrogens is 6.